The lowest BCUT2D eigenvalue weighted by Crippen LogP contribution is -2.24. The molecular formula is C14H17BrO. The van der Waals surface area contributed by atoms with Gasteiger partial charge in [-0.1, -0.05) is 41.9 Å². The average molecular weight is 281 g/mol. The summed E-state index contributed by atoms with van der Waals surface area (Å²) in [5, 5.41) is 0.412. The van der Waals surface area contributed by atoms with Crippen LogP contribution >= 0.6 is 15.9 Å². The Morgan fingerprint density at radius 2 is 2.19 bits per heavy atom. The maximum absolute atomic E-state index is 11.6. The second kappa shape index (κ2) is 4.33. The van der Waals surface area contributed by atoms with Gasteiger partial charge in [-0.25, -0.2) is 0 Å². The summed E-state index contributed by atoms with van der Waals surface area (Å²) in [7, 11) is 0. The number of rotatable bonds is 2. The molecule has 0 N–H and O–H groups in total. The zero-order chi connectivity index (χ0) is 11.8. The molecule has 0 aliphatic heterocycles. The van der Waals surface area contributed by atoms with Gasteiger partial charge in [0.2, 0.25) is 0 Å². The highest BCUT2D eigenvalue weighted by Gasteiger charge is 2.27. The molecular weight excluding hydrogens is 264 g/mol. The summed E-state index contributed by atoms with van der Waals surface area (Å²) < 4.78 is 0. The van der Waals surface area contributed by atoms with Crippen molar-refractivity contribution in [3.05, 3.63) is 34.9 Å². The molecule has 16 heavy (non-hydrogen) atoms. The first kappa shape index (κ1) is 11.8. The Kier molecular flexibility index (Phi) is 3.20. The standard InChI is InChI=1S/C14H17BrO/c1-14(2)7-3-4-10-8-11(13(16)9-15)5-6-12(10)14/h5-6,8H,3-4,7,9H2,1-2H3. The topological polar surface area (TPSA) is 17.1 Å². The van der Waals surface area contributed by atoms with E-state index in [0.29, 0.717) is 5.33 Å². The molecule has 1 aromatic carbocycles. The van der Waals surface area contributed by atoms with Crippen LogP contribution in [0.2, 0.25) is 0 Å². The van der Waals surface area contributed by atoms with Crippen molar-refractivity contribution >= 4 is 21.7 Å². The molecule has 0 atom stereocenters. The van der Waals surface area contributed by atoms with Crippen LogP contribution in [0.5, 0.6) is 0 Å². The van der Waals surface area contributed by atoms with Gasteiger partial charge in [0.1, 0.15) is 0 Å². The van der Waals surface area contributed by atoms with Crippen LogP contribution in [0.15, 0.2) is 18.2 Å². The van der Waals surface area contributed by atoms with Gasteiger partial charge in [-0.2, -0.15) is 0 Å². The van der Waals surface area contributed by atoms with E-state index in [2.05, 4.69) is 41.9 Å². The molecule has 1 nitrogen and oxygen atoms in total. The fraction of sp³-hybridized carbons (Fsp3) is 0.500. The lowest BCUT2D eigenvalue weighted by atomic mass is 9.72. The lowest BCUT2D eigenvalue weighted by Gasteiger charge is -2.32. The van der Waals surface area contributed by atoms with E-state index >= 15 is 0 Å². The smallest absolute Gasteiger partial charge is 0.173 e. The first-order valence-electron chi connectivity index (χ1n) is 5.77. The quantitative estimate of drug-likeness (QED) is 0.594. The molecule has 2 heteroatoms. The number of aryl methyl sites for hydroxylation is 1. The van der Waals surface area contributed by atoms with Gasteiger partial charge in [0.15, 0.2) is 5.78 Å². The molecule has 0 saturated heterocycles. The summed E-state index contributed by atoms with van der Waals surface area (Å²) >= 11 is 3.22. The van der Waals surface area contributed by atoms with E-state index in [1.54, 1.807) is 0 Å². The van der Waals surface area contributed by atoms with E-state index in [1.807, 2.05) is 6.07 Å². The van der Waals surface area contributed by atoms with E-state index in [1.165, 1.54) is 24.0 Å². The van der Waals surface area contributed by atoms with Crippen molar-refractivity contribution in [1.82, 2.24) is 0 Å². The number of alkyl halides is 1. The highest BCUT2D eigenvalue weighted by molar-refractivity contribution is 9.09. The molecule has 0 fully saturated rings. The first-order valence-corrected chi connectivity index (χ1v) is 6.89. The van der Waals surface area contributed by atoms with Crippen LogP contribution in [0.4, 0.5) is 0 Å². The van der Waals surface area contributed by atoms with Gasteiger partial charge in [-0.15, -0.1) is 0 Å². The van der Waals surface area contributed by atoms with Gasteiger partial charge in [0.05, 0.1) is 5.33 Å². The number of ketones is 1. The molecule has 86 valence electrons. The SMILES string of the molecule is CC1(C)CCCc2cc(C(=O)CBr)ccc21. The van der Waals surface area contributed by atoms with Crippen molar-refractivity contribution in [2.75, 3.05) is 5.33 Å². The Hall–Kier alpha value is -0.630. The van der Waals surface area contributed by atoms with Crippen LogP contribution in [0.3, 0.4) is 0 Å². The van der Waals surface area contributed by atoms with Crippen LogP contribution in [0.1, 0.15) is 48.2 Å². The molecule has 1 aromatic rings. The number of Topliss-reactive ketones (excluding diaryl/α,β-unsaturated/α-hetero) is 1. The Labute approximate surface area is 105 Å². The van der Waals surface area contributed by atoms with Gasteiger partial charge < -0.3 is 0 Å². The summed E-state index contributed by atoms with van der Waals surface area (Å²) in [6.45, 7) is 4.58. The molecule has 1 aliphatic carbocycles. The van der Waals surface area contributed by atoms with Crippen molar-refractivity contribution in [2.24, 2.45) is 0 Å². The predicted molar refractivity (Wildman–Crippen MR) is 70.5 cm³/mol. The van der Waals surface area contributed by atoms with Crippen molar-refractivity contribution < 1.29 is 4.79 Å². The van der Waals surface area contributed by atoms with E-state index in [4.69, 9.17) is 0 Å². The normalized spacial score (nSPS) is 17.9. The van der Waals surface area contributed by atoms with Gasteiger partial charge >= 0.3 is 0 Å². The fourth-order valence-corrected chi connectivity index (χ4v) is 2.89. The summed E-state index contributed by atoms with van der Waals surface area (Å²) in [6, 6.07) is 6.19. The number of carbonyl (C=O) groups is 1. The largest absolute Gasteiger partial charge is 0.293 e. The molecule has 1 aliphatic rings. The molecule has 0 bridgehead atoms. The number of halogens is 1. The minimum atomic E-state index is 0.172. The Balaban J connectivity index is 2.43. The fourth-order valence-electron chi connectivity index (χ4n) is 2.57. The molecule has 0 spiro atoms. The van der Waals surface area contributed by atoms with E-state index in [0.717, 1.165) is 12.0 Å². The van der Waals surface area contributed by atoms with Crippen LogP contribution < -0.4 is 0 Å². The molecule has 2 rings (SSSR count). The summed E-state index contributed by atoms with van der Waals surface area (Å²) in [6.07, 6.45) is 3.58. The third-order valence-corrected chi connectivity index (χ3v) is 4.03. The number of hydrogen-bond acceptors (Lipinski definition) is 1. The number of benzene rings is 1. The van der Waals surface area contributed by atoms with Crippen LogP contribution in [0.25, 0.3) is 0 Å². The number of carbonyl (C=O) groups excluding carboxylic acids is 1. The van der Waals surface area contributed by atoms with Crippen molar-refractivity contribution in [3.63, 3.8) is 0 Å². The number of hydrogen-bond donors (Lipinski definition) is 0. The van der Waals surface area contributed by atoms with Crippen LogP contribution in [-0.2, 0) is 11.8 Å². The highest BCUT2D eigenvalue weighted by Crippen LogP contribution is 2.36. The third kappa shape index (κ3) is 2.08. The minimum Gasteiger partial charge on any atom is -0.293 e. The minimum absolute atomic E-state index is 0.172. The monoisotopic (exact) mass is 280 g/mol. The molecule has 0 amide bonds. The van der Waals surface area contributed by atoms with Gasteiger partial charge in [-0.05, 0) is 41.9 Å². The maximum atomic E-state index is 11.6. The van der Waals surface area contributed by atoms with Crippen molar-refractivity contribution in [2.45, 2.75) is 38.5 Å². The Morgan fingerprint density at radius 3 is 2.88 bits per heavy atom. The number of fused-ring (bicyclic) bond motifs is 1. The maximum Gasteiger partial charge on any atom is 0.173 e. The predicted octanol–water partition coefficient (Wildman–Crippen LogP) is 3.88. The van der Waals surface area contributed by atoms with Gasteiger partial charge in [0, 0.05) is 5.56 Å². The Bertz CT molecular complexity index is 421. The zero-order valence-corrected chi connectivity index (χ0v) is 11.4. The second-order valence-corrected chi connectivity index (χ2v) is 5.73. The van der Waals surface area contributed by atoms with Crippen molar-refractivity contribution in [3.8, 4) is 0 Å². The summed E-state index contributed by atoms with van der Waals surface area (Å²) in [5.74, 6) is 0.172. The van der Waals surface area contributed by atoms with E-state index in [-0.39, 0.29) is 11.2 Å². The van der Waals surface area contributed by atoms with E-state index < -0.39 is 0 Å². The first-order chi connectivity index (χ1) is 7.54. The van der Waals surface area contributed by atoms with E-state index in [9.17, 15) is 4.79 Å². The third-order valence-electron chi connectivity index (χ3n) is 3.53. The van der Waals surface area contributed by atoms with Gasteiger partial charge in [-0.3, -0.25) is 4.79 Å². The molecule has 0 aromatic heterocycles. The van der Waals surface area contributed by atoms with Crippen molar-refractivity contribution in [1.29, 1.82) is 0 Å². The van der Waals surface area contributed by atoms with Crippen LogP contribution in [-0.4, -0.2) is 11.1 Å². The molecule has 0 heterocycles. The van der Waals surface area contributed by atoms with Gasteiger partial charge in [0.25, 0.3) is 0 Å². The molecule has 0 unspecified atom stereocenters. The summed E-state index contributed by atoms with van der Waals surface area (Å²) in [5.41, 5.74) is 3.89. The Morgan fingerprint density at radius 1 is 1.44 bits per heavy atom. The second-order valence-electron chi connectivity index (χ2n) is 5.17. The zero-order valence-electron chi connectivity index (χ0n) is 9.85. The molecule has 0 saturated carbocycles. The molecule has 0 radical (unpaired) electrons. The highest BCUT2D eigenvalue weighted by atomic mass is 79.9. The van der Waals surface area contributed by atoms with Crippen LogP contribution in [0, 0.1) is 0 Å². The average Bonchev–Trinajstić information content (AvgIpc) is 2.27. The summed E-state index contributed by atoms with van der Waals surface area (Å²) in [4.78, 5) is 11.6. The lowest BCUT2D eigenvalue weighted by molar-refractivity contribution is 0.102.